The van der Waals surface area contributed by atoms with Crippen molar-refractivity contribution in [3.8, 4) is 0 Å². The number of aromatic nitrogens is 1. The van der Waals surface area contributed by atoms with Crippen molar-refractivity contribution < 1.29 is 8.94 Å². The maximum Gasteiger partial charge on any atom is 0.302 e. The first kappa shape index (κ1) is 10.9. The largest absolute Gasteiger partial charge is 0.610 e. The van der Waals surface area contributed by atoms with E-state index in [0.29, 0.717) is 14.6 Å². The van der Waals surface area contributed by atoms with Gasteiger partial charge < -0.3 is 10.3 Å². The van der Waals surface area contributed by atoms with Gasteiger partial charge in [0.2, 0.25) is 0 Å². The zero-order valence-corrected chi connectivity index (χ0v) is 9.97. The summed E-state index contributed by atoms with van der Waals surface area (Å²) >= 11 is 5.69. The number of fused-ring (bicyclic) bond motifs is 1. The van der Waals surface area contributed by atoms with Crippen molar-refractivity contribution in [2.75, 3.05) is 12.0 Å². The van der Waals surface area contributed by atoms with Crippen molar-refractivity contribution in [3.63, 3.8) is 0 Å². The van der Waals surface area contributed by atoms with Gasteiger partial charge in [-0.25, -0.2) is 4.39 Å². The van der Waals surface area contributed by atoms with E-state index in [4.69, 9.17) is 17.3 Å². The van der Waals surface area contributed by atoms with Gasteiger partial charge in [-0.05, 0) is 6.07 Å². The van der Waals surface area contributed by atoms with Gasteiger partial charge in [0, 0.05) is 11.2 Å². The molecule has 2 N–H and O–H groups in total. The maximum atomic E-state index is 13.2. The van der Waals surface area contributed by atoms with Gasteiger partial charge in [-0.2, -0.15) is 4.98 Å². The molecule has 0 aliphatic heterocycles. The second-order valence-electron chi connectivity index (χ2n) is 2.87. The molecule has 1 aromatic heterocycles. The van der Waals surface area contributed by atoms with Crippen LogP contribution in [-0.2, 0) is 11.2 Å². The summed E-state index contributed by atoms with van der Waals surface area (Å²) in [6.07, 6.45) is 1.50. The number of benzene rings is 1. The van der Waals surface area contributed by atoms with E-state index in [1.807, 2.05) is 0 Å². The van der Waals surface area contributed by atoms with Crippen LogP contribution in [0.2, 0.25) is 5.02 Å². The van der Waals surface area contributed by atoms with E-state index < -0.39 is 17.0 Å². The Balaban J connectivity index is 2.80. The average Bonchev–Trinajstić information content (AvgIpc) is 2.59. The van der Waals surface area contributed by atoms with Crippen LogP contribution < -0.4 is 5.73 Å². The van der Waals surface area contributed by atoms with E-state index in [-0.39, 0.29) is 10.7 Å². The Morgan fingerprint density at radius 2 is 2.33 bits per heavy atom. The van der Waals surface area contributed by atoms with E-state index in [2.05, 4.69) is 4.98 Å². The number of thiazole rings is 1. The van der Waals surface area contributed by atoms with E-state index >= 15 is 0 Å². The zero-order chi connectivity index (χ0) is 11.2. The SMILES string of the molecule is C[S+]([O-])c1nc2c(Cl)cc(F)c(N)c2s1. The first-order valence-electron chi connectivity index (χ1n) is 3.88. The molecule has 1 heterocycles. The molecule has 0 bridgehead atoms. The molecular weight excluding hydrogens is 259 g/mol. The van der Waals surface area contributed by atoms with Crippen LogP contribution in [0.4, 0.5) is 10.1 Å². The summed E-state index contributed by atoms with van der Waals surface area (Å²) in [5, 5.41) is 0.185. The molecule has 0 amide bonds. The standard InChI is InChI=1S/C8H6ClFN2OS2/c1-15(13)8-12-6-3(9)2-4(10)5(11)7(6)14-8/h2H,11H2,1H3. The summed E-state index contributed by atoms with van der Waals surface area (Å²) in [7, 11) is 0. The van der Waals surface area contributed by atoms with E-state index in [0.717, 1.165) is 17.4 Å². The van der Waals surface area contributed by atoms with Gasteiger partial charge >= 0.3 is 4.34 Å². The molecule has 1 aromatic carbocycles. The average molecular weight is 265 g/mol. The summed E-state index contributed by atoms with van der Waals surface area (Å²) in [6.45, 7) is 0. The number of nitrogens with zero attached hydrogens (tertiary/aromatic N) is 1. The van der Waals surface area contributed by atoms with Gasteiger partial charge in [0.1, 0.15) is 17.6 Å². The first-order chi connectivity index (χ1) is 7.00. The molecule has 0 saturated carbocycles. The number of nitrogen functional groups attached to an aromatic ring is 1. The Hall–Kier alpha value is -0.560. The van der Waals surface area contributed by atoms with Gasteiger partial charge in [0.05, 0.1) is 15.4 Å². The lowest BCUT2D eigenvalue weighted by atomic mass is 10.3. The predicted molar refractivity (Wildman–Crippen MR) is 61.3 cm³/mol. The Bertz CT molecular complexity index is 529. The lowest BCUT2D eigenvalue weighted by Crippen LogP contribution is -1.94. The van der Waals surface area contributed by atoms with Crippen LogP contribution in [0.15, 0.2) is 10.4 Å². The third-order valence-electron chi connectivity index (χ3n) is 1.84. The highest BCUT2D eigenvalue weighted by atomic mass is 35.5. The van der Waals surface area contributed by atoms with Crippen molar-refractivity contribution in [3.05, 3.63) is 16.9 Å². The van der Waals surface area contributed by atoms with Crippen molar-refractivity contribution in [1.29, 1.82) is 0 Å². The van der Waals surface area contributed by atoms with Gasteiger partial charge in [-0.1, -0.05) is 22.9 Å². The first-order valence-corrected chi connectivity index (χ1v) is 6.63. The number of anilines is 1. The Labute approximate surface area is 97.2 Å². The molecule has 2 rings (SSSR count). The second-order valence-corrected chi connectivity index (χ2v) is 5.83. The summed E-state index contributed by atoms with van der Waals surface area (Å²) in [5.41, 5.74) is 5.95. The lowest BCUT2D eigenvalue weighted by Gasteiger charge is -1.97. The Morgan fingerprint density at radius 3 is 2.93 bits per heavy atom. The van der Waals surface area contributed by atoms with Crippen LogP contribution in [0, 0.1) is 5.82 Å². The topological polar surface area (TPSA) is 62.0 Å². The smallest absolute Gasteiger partial charge is 0.302 e. The number of hydrogen-bond acceptors (Lipinski definition) is 4. The molecule has 0 spiro atoms. The third kappa shape index (κ3) is 1.78. The molecule has 7 heteroatoms. The van der Waals surface area contributed by atoms with Crippen LogP contribution in [0.25, 0.3) is 10.2 Å². The fraction of sp³-hybridized carbons (Fsp3) is 0.125. The number of hydrogen-bond donors (Lipinski definition) is 1. The lowest BCUT2D eigenvalue weighted by molar-refractivity contribution is 0.600. The van der Waals surface area contributed by atoms with Gasteiger partial charge in [0.15, 0.2) is 0 Å². The molecule has 0 fully saturated rings. The van der Waals surface area contributed by atoms with E-state index in [1.165, 1.54) is 6.26 Å². The molecule has 0 saturated heterocycles. The van der Waals surface area contributed by atoms with Crippen molar-refractivity contribution in [2.24, 2.45) is 0 Å². The van der Waals surface area contributed by atoms with Gasteiger partial charge in [0.25, 0.3) is 0 Å². The summed E-state index contributed by atoms with van der Waals surface area (Å²) < 4.78 is 25.3. The minimum absolute atomic E-state index is 0.00333. The number of rotatable bonds is 1. The van der Waals surface area contributed by atoms with E-state index in [1.54, 1.807) is 0 Å². The minimum Gasteiger partial charge on any atom is -0.610 e. The fourth-order valence-electron chi connectivity index (χ4n) is 1.13. The molecule has 2 aromatic rings. The highest BCUT2D eigenvalue weighted by Crippen LogP contribution is 2.36. The number of nitrogens with two attached hydrogens (primary N) is 1. The van der Waals surface area contributed by atoms with Gasteiger partial charge in [-0.3, -0.25) is 0 Å². The molecule has 1 unspecified atom stereocenters. The van der Waals surface area contributed by atoms with E-state index in [9.17, 15) is 8.94 Å². The maximum absolute atomic E-state index is 13.2. The molecule has 3 nitrogen and oxygen atoms in total. The fourth-order valence-corrected chi connectivity index (χ4v) is 3.13. The summed E-state index contributed by atoms with van der Waals surface area (Å²) in [4.78, 5) is 4.05. The molecule has 0 aliphatic rings. The third-order valence-corrected chi connectivity index (χ3v) is 4.54. The molecule has 80 valence electrons. The van der Waals surface area contributed by atoms with Crippen LogP contribution in [0.3, 0.4) is 0 Å². The number of halogens is 2. The van der Waals surface area contributed by atoms with Crippen molar-refractivity contribution in [2.45, 2.75) is 4.34 Å². The monoisotopic (exact) mass is 264 g/mol. The highest BCUT2D eigenvalue weighted by Gasteiger charge is 2.18. The summed E-state index contributed by atoms with van der Waals surface area (Å²) in [6, 6.07) is 1.11. The normalized spacial score (nSPS) is 13.3. The molecule has 15 heavy (non-hydrogen) atoms. The van der Waals surface area contributed by atoms with Crippen molar-refractivity contribution >= 4 is 50.0 Å². The highest BCUT2D eigenvalue weighted by molar-refractivity contribution is 7.92. The van der Waals surface area contributed by atoms with Crippen LogP contribution in [0.5, 0.6) is 0 Å². The van der Waals surface area contributed by atoms with Gasteiger partial charge in [-0.15, -0.1) is 0 Å². The Kier molecular flexibility index (Phi) is 2.76. The van der Waals surface area contributed by atoms with Crippen LogP contribution in [-0.4, -0.2) is 15.8 Å². The van der Waals surface area contributed by atoms with Crippen LogP contribution >= 0.6 is 22.9 Å². The molecule has 1 atom stereocenters. The molecule has 0 aliphatic carbocycles. The second kappa shape index (κ2) is 3.79. The molecular formula is C8H6ClFN2OS2. The minimum atomic E-state index is -1.21. The summed E-state index contributed by atoms with van der Waals surface area (Å²) in [5.74, 6) is -0.579. The zero-order valence-electron chi connectivity index (χ0n) is 7.58. The van der Waals surface area contributed by atoms with Crippen LogP contribution in [0.1, 0.15) is 0 Å². The molecule has 0 radical (unpaired) electrons. The van der Waals surface area contributed by atoms with Crippen molar-refractivity contribution in [1.82, 2.24) is 4.98 Å². The quantitative estimate of drug-likeness (QED) is 0.636. The predicted octanol–water partition coefficient (Wildman–Crippen LogP) is 2.41. The Morgan fingerprint density at radius 1 is 1.67 bits per heavy atom.